The lowest BCUT2D eigenvalue weighted by molar-refractivity contribution is 0.320. The Balaban J connectivity index is 1.80. The molecule has 2 heteroatoms. The number of rotatable bonds is 7. The zero-order chi connectivity index (χ0) is 15.3. The molecule has 0 aliphatic rings. The monoisotopic (exact) mass is 285 g/mol. The van der Waals surface area contributed by atoms with Crippen molar-refractivity contribution in [2.75, 3.05) is 6.54 Å². The lowest BCUT2D eigenvalue weighted by Crippen LogP contribution is -2.34. The molecule has 0 aliphatic carbocycles. The maximum Gasteiger partial charge on any atom is 0.109 e. The fraction of sp³-hybridized carbons (Fsp3) is 0.474. The molecule has 1 atom stereocenters. The molecule has 1 aromatic carbocycles. The van der Waals surface area contributed by atoms with E-state index in [2.05, 4.69) is 62.5 Å². The van der Waals surface area contributed by atoms with Gasteiger partial charge in [-0.2, -0.15) is 0 Å². The van der Waals surface area contributed by atoms with Gasteiger partial charge in [0.05, 0.1) is 0 Å². The Kier molecular flexibility index (Phi) is 5.24. The number of hydrogen-bond donors (Lipinski definition) is 1. The Labute approximate surface area is 128 Å². The third-order valence-electron chi connectivity index (χ3n) is 3.97. The quantitative estimate of drug-likeness (QED) is 0.811. The average molecular weight is 285 g/mol. The summed E-state index contributed by atoms with van der Waals surface area (Å²) in [5, 5.41) is 3.62. The van der Waals surface area contributed by atoms with Crippen molar-refractivity contribution < 1.29 is 4.42 Å². The summed E-state index contributed by atoms with van der Waals surface area (Å²) in [6.45, 7) is 9.77. The first-order chi connectivity index (χ1) is 9.97. The van der Waals surface area contributed by atoms with Gasteiger partial charge in [-0.15, -0.1) is 0 Å². The van der Waals surface area contributed by atoms with Crippen LogP contribution < -0.4 is 5.32 Å². The maximum atomic E-state index is 5.80. The van der Waals surface area contributed by atoms with Crippen LogP contribution in [0.4, 0.5) is 0 Å². The Morgan fingerprint density at radius 2 is 1.81 bits per heavy atom. The standard InChI is InChI=1S/C19H27NO/c1-15(20-13-12-17-8-6-5-7-9-17)14-19(3,4)18-11-10-16(2)21-18/h5-11,15,20H,12-14H2,1-4H3. The number of aryl methyl sites for hydroxylation is 1. The predicted molar refractivity (Wildman–Crippen MR) is 88.7 cm³/mol. The van der Waals surface area contributed by atoms with Gasteiger partial charge in [0, 0.05) is 11.5 Å². The molecule has 0 bridgehead atoms. The molecular weight excluding hydrogens is 258 g/mol. The fourth-order valence-corrected chi connectivity index (χ4v) is 2.84. The minimum Gasteiger partial charge on any atom is -0.466 e. The smallest absolute Gasteiger partial charge is 0.109 e. The summed E-state index contributed by atoms with van der Waals surface area (Å²) in [5.74, 6) is 2.07. The van der Waals surface area contributed by atoms with Crippen LogP contribution in [0.5, 0.6) is 0 Å². The molecule has 1 unspecified atom stereocenters. The van der Waals surface area contributed by atoms with Gasteiger partial charge in [0.15, 0.2) is 0 Å². The molecule has 0 spiro atoms. The molecule has 0 amide bonds. The van der Waals surface area contributed by atoms with Crippen LogP contribution in [0.1, 0.15) is 44.3 Å². The van der Waals surface area contributed by atoms with Gasteiger partial charge < -0.3 is 9.73 Å². The second-order valence-corrected chi connectivity index (χ2v) is 6.59. The van der Waals surface area contributed by atoms with E-state index in [0.717, 1.165) is 30.9 Å². The predicted octanol–water partition coefficient (Wildman–Crippen LogP) is 4.48. The highest BCUT2D eigenvalue weighted by atomic mass is 16.3. The number of hydrogen-bond acceptors (Lipinski definition) is 2. The summed E-state index contributed by atoms with van der Waals surface area (Å²) in [4.78, 5) is 0. The fourth-order valence-electron chi connectivity index (χ4n) is 2.84. The van der Waals surface area contributed by atoms with Gasteiger partial charge in [0.2, 0.25) is 0 Å². The van der Waals surface area contributed by atoms with Crippen molar-refractivity contribution in [2.45, 2.75) is 52.0 Å². The van der Waals surface area contributed by atoms with Gasteiger partial charge in [-0.1, -0.05) is 44.2 Å². The van der Waals surface area contributed by atoms with Gasteiger partial charge in [-0.05, 0) is 50.9 Å². The Hall–Kier alpha value is -1.54. The van der Waals surface area contributed by atoms with Crippen LogP contribution in [0.2, 0.25) is 0 Å². The Morgan fingerprint density at radius 3 is 2.43 bits per heavy atom. The van der Waals surface area contributed by atoms with E-state index < -0.39 is 0 Å². The van der Waals surface area contributed by atoms with Crippen molar-refractivity contribution in [1.82, 2.24) is 5.32 Å². The molecule has 0 fully saturated rings. The third-order valence-corrected chi connectivity index (χ3v) is 3.97. The lowest BCUT2D eigenvalue weighted by Gasteiger charge is -2.26. The van der Waals surface area contributed by atoms with Crippen molar-refractivity contribution in [3.8, 4) is 0 Å². The molecular formula is C19H27NO. The Bertz CT molecular complexity index is 542. The summed E-state index contributed by atoms with van der Waals surface area (Å²) >= 11 is 0. The number of furan rings is 1. The maximum absolute atomic E-state index is 5.80. The van der Waals surface area contributed by atoms with E-state index in [9.17, 15) is 0 Å². The molecule has 1 N–H and O–H groups in total. The molecule has 1 aromatic heterocycles. The highest BCUT2D eigenvalue weighted by molar-refractivity contribution is 5.16. The van der Waals surface area contributed by atoms with Crippen LogP contribution in [0.3, 0.4) is 0 Å². The zero-order valence-electron chi connectivity index (χ0n) is 13.6. The molecule has 21 heavy (non-hydrogen) atoms. The van der Waals surface area contributed by atoms with Crippen LogP contribution in [0.15, 0.2) is 46.9 Å². The molecule has 0 aliphatic heterocycles. The van der Waals surface area contributed by atoms with E-state index in [-0.39, 0.29) is 5.41 Å². The van der Waals surface area contributed by atoms with E-state index in [0.29, 0.717) is 6.04 Å². The van der Waals surface area contributed by atoms with E-state index in [1.165, 1.54) is 5.56 Å². The SMILES string of the molecule is Cc1ccc(C(C)(C)CC(C)NCCc2ccccc2)o1. The van der Waals surface area contributed by atoms with Crippen molar-refractivity contribution in [1.29, 1.82) is 0 Å². The summed E-state index contributed by atoms with van der Waals surface area (Å²) in [6.07, 6.45) is 2.14. The topological polar surface area (TPSA) is 25.2 Å². The highest BCUT2D eigenvalue weighted by Gasteiger charge is 2.26. The first-order valence-electron chi connectivity index (χ1n) is 7.81. The normalized spacial score (nSPS) is 13.3. The molecule has 0 saturated heterocycles. The molecule has 0 saturated carbocycles. The van der Waals surface area contributed by atoms with Crippen molar-refractivity contribution >= 4 is 0 Å². The summed E-state index contributed by atoms with van der Waals surface area (Å²) in [6, 6.07) is 15.2. The molecule has 2 rings (SSSR count). The van der Waals surface area contributed by atoms with E-state index in [4.69, 9.17) is 4.42 Å². The van der Waals surface area contributed by atoms with Crippen molar-refractivity contribution in [3.63, 3.8) is 0 Å². The molecule has 1 heterocycles. The number of benzene rings is 1. The second kappa shape index (κ2) is 6.95. The van der Waals surface area contributed by atoms with Crippen LogP contribution >= 0.6 is 0 Å². The van der Waals surface area contributed by atoms with Crippen LogP contribution in [0.25, 0.3) is 0 Å². The first-order valence-corrected chi connectivity index (χ1v) is 7.81. The van der Waals surface area contributed by atoms with E-state index >= 15 is 0 Å². The summed E-state index contributed by atoms with van der Waals surface area (Å²) < 4.78 is 5.80. The largest absolute Gasteiger partial charge is 0.466 e. The summed E-state index contributed by atoms with van der Waals surface area (Å²) in [5.41, 5.74) is 1.45. The minimum atomic E-state index is 0.0629. The van der Waals surface area contributed by atoms with E-state index in [1.807, 2.05) is 13.0 Å². The zero-order valence-corrected chi connectivity index (χ0v) is 13.6. The van der Waals surface area contributed by atoms with Gasteiger partial charge in [0.25, 0.3) is 0 Å². The van der Waals surface area contributed by atoms with Gasteiger partial charge >= 0.3 is 0 Å². The molecule has 2 nitrogen and oxygen atoms in total. The van der Waals surface area contributed by atoms with Crippen LogP contribution in [-0.4, -0.2) is 12.6 Å². The van der Waals surface area contributed by atoms with Crippen molar-refractivity contribution in [3.05, 3.63) is 59.5 Å². The Morgan fingerprint density at radius 1 is 1.10 bits per heavy atom. The average Bonchev–Trinajstić information content (AvgIpc) is 2.87. The van der Waals surface area contributed by atoms with Gasteiger partial charge in [-0.25, -0.2) is 0 Å². The minimum absolute atomic E-state index is 0.0629. The van der Waals surface area contributed by atoms with E-state index in [1.54, 1.807) is 0 Å². The molecule has 2 aromatic rings. The van der Waals surface area contributed by atoms with Gasteiger partial charge in [-0.3, -0.25) is 0 Å². The first kappa shape index (κ1) is 15.8. The second-order valence-electron chi connectivity index (χ2n) is 6.59. The lowest BCUT2D eigenvalue weighted by atomic mass is 9.83. The highest BCUT2D eigenvalue weighted by Crippen LogP contribution is 2.29. The van der Waals surface area contributed by atoms with Crippen LogP contribution in [0, 0.1) is 6.92 Å². The van der Waals surface area contributed by atoms with Gasteiger partial charge in [0.1, 0.15) is 11.5 Å². The number of nitrogens with one attached hydrogen (secondary N) is 1. The molecule has 0 radical (unpaired) electrons. The van der Waals surface area contributed by atoms with Crippen molar-refractivity contribution in [2.24, 2.45) is 0 Å². The third kappa shape index (κ3) is 4.75. The summed E-state index contributed by atoms with van der Waals surface area (Å²) in [7, 11) is 0. The van der Waals surface area contributed by atoms with Crippen LogP contribution in [-0.2, 0) is 11.8 Å². The molecule has 114 valence electrons.